The van der Waals surface area contributed by atoms with E-state index in [9.17, 15) is 4.79 Å². The number of fused-ring (bicyclic) bond motifs is 1. The van der Waals surface area contributed by atoms with E-state index in [0.29, 0.717) is 12.2 Å². The first-order chi connectivity index (χ1) is 15.0. The van der Waals surface area contributed by atoms with E-state index in [4.69, 9.17) is 4.74 Å². The molecule has 1 saturated heterocycles. The Morgan fingerprint density at radius 1 is 0.968 bits per heavy atom. The number of nitrogens with zero attached hydrogens (tertiary/aromatic N) is 2. The molecule has 31 heavy (non-hydrogen) atoms. The monoisotopic (exact) mass is 415 g/mol. The van der Waals surface area contributed by atoms with E-state index in [1.54, 1.807) is 0 Å². The predicted octanol–water partition coefficient (Wildman–Crippen LogP) is 5.49. The zero-order valence-corrected chi connectivity index (χ0v) is 18.7. The molecule has 4 nitrogen and oxygen atoms in total. The molecule has 0 saturated carbocycles. The molecule has 2 aliphatic heterocycles. The van der Waals surface area contributed by atoms with E-state index in [-0.39, 0.29) is 5.41 Å². The predicted molar refractivity (Wildman–Crippen MR) is 128 cm³/mol. The molecule has 2 aliphatic rings. The summed E-state index contributed by atoms with van der Waals surface area (Å²) in [4.78, 5) is 13.2. The molecule has 0 aromatic heterocycles. The van der Waals surface area contributed by atoms with Crippen LogP contribution in [-0.4, -0.2) is 36.9 Å². The summed E-state index contributed by atoms with van der Waals surface area (Å²) in [7, 11) is 2.08. The molecule has 0 radical (unpaired) electrons. The smallest absolute Gasteiger partial charge is 0.298 e. The fourth-order valence-electron chi connectivity index (χ4n) is 4.71. The topological polar surface area (TPSA) is 32.5 Å². The minimum atomic E-state index is -0.174. The Morgan fingerprint density at radius 3 is 2.39 bits per heavy atom. The molecule has 1 fully saturated rings. The van der Waals surface area contributed by atoms with Crippen molar-refractivity contribution >= 4 is 29.6 Å². The summed E-state index contributed by atoms with van der Waals surface area (Å²) in [5.41, 5.74) is 5.86. The Hall–Kier alpha value is -3.14. The van der Waals surface area contributed by atoms with Crippen molar-refractivity contribution in [3.05, 3.63) is 71.8 Å². The first-order valence-electron chi connectivity index (χ1n) is 11.1. The van der Waals surface area contributed by atoms with Crippen molar-refractivity contribution in [2.24, 2.45) is 0 Å². The second kappa shape index (κ2) is 8.93. The number of carbonyl (C=O) groups excluding carboxylic acids is 1. The van der Waals surface area contributed by atoms with Crippen molar-refractivity contribution in [2.75, 3.05) is 25.0 Å². The summed E-state index contributed by atoms with van der Waals surface area (Å²) in [5.74, 6) is 0.577. The van der Waals surface area contributed by atoms with Gasteiger partial charge in [-0.05, 0) is 62.9 Å². The molecule has 2 heterocycles. The van der Waals surface area contributed by atoms with E-state index in [0.717, 1.165) is 11.3 Å². The summed E-state index contributed by atoms with van der Waals surface area (Å²) < 4.78 is 7.26. The number of carbonyl (C=O) groups is 1. The molecule has 160 valence electrons. The minimum Gasteiger partial charge on any atom is -0.429 e. The van der Waals surface area contributed by atoms with Crippen LogP contribution in [0.25, 0.3) is 6.08 Å². The van der Waals surface area contributed by atoms with Gasteiger partial charge in [0.05, 0.1) is 5.41 Å². The number of rotatable bonds is 6. The lowest BCUT2D eigenvalue weighted by atomic mass is 9.81. The molecule has 4 rings (SSSR count). The third-order valence-electron chi connectivity index (χ3n) is 6.46. The van der Waals surface area contributed by atoms with E-state index in [1.165, 1.54) is 49.3 Å². The minimum absolute atomic E-state index is 0.174. The van der Waals surface area contributed by atoms with Gasteiger partial charge in [-0.25, -0.2) is 0 Å². The maximum atomic E-state index is 10.7. The van der Waals surface area contributed by atoms with Crippen LogP contribution in [0.1, 0.15) is 44.2 Å². The Balaban J connectivity index is 1.46. The van der Waals surface area contributed by atoms with Crippen LogP contribution < -0.4 is 9.64 Å². The van der Waals surface area contributed by atoms with Gasteiger partial charge in [-0.1, -0.05) is 30.4 Å². The van der Waals surface area contributed by atoms with Gasteiger partial charge < -0.3 is 9.64 Å². The van der Waals surface area contributed by atoms with Crippen LogP contribution in [0.2, 0.25) is 0 Å². The SMILES string of the molecule is C[N+]1=C(/C=C/C=C/c2ccc(N3CCCCC3)cc2)C(C)(C)c2cc(OC=O)ccc21. The normalized spacial score (nSPS) is 18.1. The zero-order chi connectivity index (χ0) is 21.8. The summed E-state index contributed by atoms with van der Waals surface area (Å²) in [6, 6.07) is 14.6. The molecule has 0 unspecified atom stereocenters. The zero-order valence-electron chi connectivity index (χ0n) is 18.7. The maximum absolute atomic E-state index is 10.7. The number of allylic oxidation sites excluding steroid dienone is 3. The van der Waals surface area contributed by atoms with Gasteiger partial charge in [-0.3, -0.25) is 4.79 Å². The Morgan fingerprint density at radius 2 is 1.68 bits per heavy atom. The van der Waals surface area contributed by atoms with Crippen LogP contribution in [0.4, 0.5) is 11.4 Å². The number of hydrogen-bond acceptors (Lipinski definition) is 3. The van der Waals surface area contributed by atoms with Gasteiger partial charge in [-0.15, -0.1) is 0 Å². The number of piperidine rings is 1. The van der Waals surface area contributed by atoms with Crippen molar-refractivity contribution in [3.63, 3.8) is 0 Å². The number of hydrogen-bond donors (Lipinski definition) is 0. The summed E-state index contributed by atoms with van der Waals surface area (Å²) in [5, 5.41) is 0. The Labute approximate surface area is 185 Å². The molecule has 2 aromatic carbocycles. The summed E-state index contributed by atoms with van der Waals surface area (Å²) in [6.07, 6.45) is 12.4. The molecule has 2 aromatic rings. The highest BCUT2D eigenvalue weighted by molar-refractivity contribution is 6.03. The van der Waals surface area contributed by atoms with E-state index in [2.05, 4.69) is 78.9 Å². The largest absolute Gasteiger partial charge is 0.429 e. The maximum Gasteiger partial charge on any atom is 0.298 e. The lowest BCUT2D eigenvalue weighted by Gasteiger charge is -2.28. The Kier molecular flexibility index (Phi) is 6.08. The number of anilines is 1. The molecular formula is C27H31N2O2+. The third-order valence-corrected chi connectivity index (χ3v) is 6.46. The molecule has 0 aliphatic carbocycles. The Bertz CT molecular complexity index is 1040. The molecule has 0 N–H and O–H groups in total. The molecular weight excluding hydrogens is 384 g/mol. The van der Waals surface area contributed by atoms with Crippen LogP contribution in [0, 0.1) is 0 Å². The van der Waals surface area contributed by atoms with Crippen molar-refractivity contribution in [3.8, 4) is 5.75 Å². The lowest BCUT2D eigenvalue weighted by Crippen LogP contribution is -2.29. The molecule has 0 bridgehead atoms. The van der Waals surface area contributed by atoms with E-state index >= 15 is 0 Å². The second-order valence-electron chi connectivity index (χ2n) is 8.82. The lowest BCUT2D eigenvalue weighted by molar-refractivity contribution is -0.401. The molecule has 0 amide bonds. The van der Waals surface area contributed by atoms with Gasteiger partial charge >= 0.3 is 0 Å². The van der Waals surface area contributed by atoms with Gasteiger partial charge in [0.2, 0.25) is 5.69 Å². The highest BCUT2D eigenvalue weighted by Crippen LogP contribution is 2.41. The fourth-order valence-corrected chi connectivity index (χ4v) is 4.71. The highest BCUT2D eigenvalue weighted by Gasteiger charge is 2.43. The van der Waals surface area contributed by atoms with Crippen LogP contribution in [0.3, 0.4) is 0 Å². The number of benzene rings is 2. The molecule has 0 atom stereocenters. The van der Waals surface area contributed by atoms with Crippen molar-refractivity contribution in [1.82, 2.24) is 0 Å². The van der Waals surface area contributed by atoms with Crippen LogP contribution in [-0.2, 0) is 10.2 Å². The van der Waals surface area contributed by atoms with Gasteiger partial charge in [0, 0.05) is 36.5 Å². The van der Waals surface area contributed by atoms with Crippen molar-refractivity contribution in [2.45, 2.75) is 38.5 Å². The van der Waals surface area contributed by atoms with Gasteiger partial charge in [-0.2, -0.15) is 4.58 Å². The standard InChI is InChI=1S/C27H31N2O2/c1-27(2)24-19-23(31-20-30)15-16-25(24)28(3)26(27)10-6-5-9-21-11-13-22(14-12-21)29-17-7-4-8-18-29/h5-6,9-16,19-20H,4,7-8,17-18H2,1-3H3/q+1. The van der Waals surface area contributed by atoms with Gasteiger partial charge in [0.1, 0.15) is 12.8 Å². The summed E-state index contributed by atoms with van der Waals surface area (Å²) >= 11 is 0. The van der Waals surface area contributed by atoms with E-state index < -0.39 is 0 Å². The van der Waals surface area contributed by atoms with Gasteiger partial charge in [0.15, 0.2) is 5.71 Å². The van der Waals surface area contributed by atoms with Crippen molar-refractivity contribution in [1.29, 1.82) is 0 Å². The van der Waals surface area contributed by atoms with Crippen LogP contribution in [0.5, 0.6) is 5.75 Å². The first kappa shape index (κ1) is 21.1. The average molecular weight is 416 g/mol. The van der Waals surface area contributed by atoms with E-state index in [1.807, 2.05) is 18.2 Å². The second-order valence-corrected chi connectivity index (χ2v) is 8.82. The third kappa shape index (κ3) is 4.34. The average Bonchev–Trinajstić information content (AvgIpc) is 2.98. The molecule has 4 heteroatoms. The first-order valence-corrected chi connectivity index (χ1v) is 11.1. The number of ether oxygens (including phenoxy) is 1. The molecule has 0 spiro atoms. The van der Waals surface area contributed by atoms with Crippen molar-refractivity contribution < 1.29 is 14.1 Å². The summed E-state index contributed by atoms with van der Waals surface area (Å²) in [6.45, 7) is 7.21. The highest BCUT2D eigenvalue weighted by atomic mass is 16.5. The fraction of sp³-hybridized carbons (Fsp3) is 0.333. The quantitative estimate of drug-likeness (QED) is 0.355. The van der Waals surface area contributed by atoms with Gasteiger partial charge in [0.25, 0.3) is 6.47 Å². The van der Waals surface area contributed by atoms with Crippen LogP contribution >= 0.6 is 0 Å². The van der Waals surface area contributed by atoms with Crippen LogP contribution in [0.15, 0.2) is 60.7 Å².